The van der Waals surface area contributed by atoms with Gasteiger partial charge in [-0.3, -0.25) is 0 Å². The average Bonchev–Trinajstić information content (AvgIpc) is 2.57. The lowest BCUT2D eigenvalue weighted by Gasteiger charge is -2.20. The average molecular weight is 352 g/mol. The summed E-state index contributed by atoms with van der Waals surface area (Å²) in [7, 11) is -1.30. The predicted octanol–water partition coefficient (Wildman–Crippen LogP) is 5.19. The minimum atomic E-state index is -1.10. The third-order valence-electron chi connectivity index (χ3n) is 4.29. The van der Waals surface area contributed by atoms with Gasteiger partial charge in [0.15, 0.2) is 14.7 Å². The van der Waals surface area contributed by atoms with Crippen LogP contribution >= 0.6 is 0 Å². The van der Waals surface area contributed by atoms with E-state index in [9.17, 15) is 4.21 Å². The molecule has 3 heteroatoms. The Hall–Kier alpha value is -1.84. The highest BCUT2D eigenvalue weighted by Gasteiger charge is 2.41. The van der Waals surface area contributed by atoms with Crippen molar-refractivity contribution in [2.75, 3.05) is 0 Å². The van der Waals surface area contributed by atoms with Gasteiger partial charge in [0, 0.05) is 0 Å². The Morgan fingerprint density at radius 3 is 1.62 bits per heavy atom. The summed E-state index contributed by atoms with van der Waals surface area (Å²) in [6.07, 6.45) is 0. The number of rotatable bonds is 1. The summed E-state index contributed by atoms with van der Waals surface area (Å²) in [5.74, 6) is 0. The topological polar surface area (TPSA) is 17.1 Å². The van der Waals surface area contributed by atoms with Crippen LogP contribution in [0, 0.1) is 20.8 Å². The van der Waals surface area contributed by atoms with Crippen LogP contribution in [0.5, 0.6) is 0 Å². The van der Waals surface area contributed by atoms with Crippen LogP contribution in [0.2, 0.25) is 0 Å². The first-order chi connectivity index (χ1) is 11.5. The summed E-state index contributed by atoms with van der Waals surface area (Å²) in [4.78, 5) is 5.61. The first kappa shape index (κ1) is 15.7. The van der Waals surface area contributed by atoms with Gasteiger partial charge in [-0.2, -0.15) is 0 Å². The van der Waals surface area contributed by atoms with Gasteiger partial charge in [0.1, 0.15) is 20.7 Å². The molecule has 0 saturated carbocycles. The zero-order chi connectivity index (χ0) is 16.8. The molecule has 3 aromatic rings. The van der Waals surface area contributed by atoms with Crippen LogP contribution in [-0.2, 0) is 21.7 Å². The van der Waals surface area contributed by atoms with E-state index in [1.165, 1.54) is 20.2 Å². The summed E-state index contributed by atoms with van der Waals surface area (Å²) in [5, 5.41) is 0. The molecule has 1 nitrogen and oxygen atoms in total. The minimum absolute atomic E-state index is 0.196. The summed E-state index contributed by atoms with van der Waals surface area (Å²) >= 11 is 0. The molecule has 120 valence electrons. The van der Waals surface area contributed by atoms with Crippen molar-refractivity contribution >= 4 is 21.7 Å². The van der Waals surface area contributed by atoms with Gasteiger partial charge in [0.25, 0.3) is 0 Å². The fourth-order valence-electron chi connectivity index (χ4n) is 3.02. The summed E-state index contributed by atoms with van der Waals surface area (Å²) in [6.45, 7) is 6.23. The van der Waals surface area contributed by atoms with Gasteiger partial charge in [-0.15, -0.1) is 0 Å². The van der Waals surface area contributed by atoms with Gasteiger partial charge in [0.2, 0.25) is 0 Å². The van der Waals surface area contributed by atoms with Crippen molar-refractivity contribution in [2.24, 2.45) is 0 Å². The molecule has 0 unspecified atom stereocenters. The number of hydrogen-bond acceptors (Lipinski definition) is 1. The van der Waals surface area contributed by atoms with Crippen molar-refractivity contribution in [3.05, 3.63) is 77.4 Å². The molecule has 4 rings (SSSR count). The van der Waals surface area contributed by atoms with Crippen LogP contribution in [0.1, 0.15) is 16.7 Å². The lowest BCUT2D eigenvalue weighted by molar-refractivity contribution is 0.678. The maximum Gasteiger partial charge on any atom is 0.183 e. The van der Waals surface area contributed by atoms with Gasteiger partial charge >= 0.3 is 0 Å². The number of hydrogen-bond donors (Lipinski definition) is 0. The zero-order valence-corrected chi connectivity index (χ0v) is 15.6. The normalized spacial score (nSPS) is 18.8. The lowest BCUT2D eigenvalue weighted by atomic mass is 10.2. The van der Waals surface area contributed by atoms with Crippen LogP contribution in [0.15, 0.2) is 85.1 Å². The van der Waals surface area contributed by atoms with E-state index >= 15 is 0 Å². The number of benzene rings is 3. The first-order valence-corrected chi connectivity index (χ1v) is 10.4. The molecule has 0 bridgehead atoms. The van der Waals surface area contributed by atoms with Crippen molar-refractivity contribution in [3.8, 4) is 0 Å². The molecule has 24 heavy (non-hydrogen) atoms. The van der Waals surface area contributed by atoms with Gasteiger partial charge in [-0.05, 0) is 68.3 Å². The maximum absolute atomic E-state index is 13.2. The smallest absolute Gasteiger partial charge is 0.183 e. The highest BCUT2D eigenvalue weighted by molar-refractivity contribution is 7.99. The molecule has 0 spiro atoms. The monoisotopic (exact) mass is 351 g/mol. The van der Waals surface area contributed by atoms with Gasteiger partial charge in [0.05, 0.1) is 10.8 Å². The van der Waals surface area contributed by atoms with Crippen LogP contribution in [0.4, 0.5) is 0 Å². The van der Waals surface area contributed by atoms with Crippen molar-refractivity contribution in [2.45, 2.75) is 45.2 Å². The molecular formula is C21H19OS2+. The Balaban J connectivity index is 2.01. The molecule has 0 amide bonds. The van der Waals surface area contributed by atoms with E-state index in [0.29, 0.717) is 0 Å². The number of aryl methyl sites for hydroxylation is 3. The third kappa shape index (κ3) is 2.52. The van der Waals surface area contributed by atoms with E-state index in [1.807, 2.05) is 0 Å². The molecule has 1 heterocycles. The van der Waals surface area contributed by atoms with E-state index in [4.69, 9.17) is 0 Å². The van der Waals surface area contributed by atoms with Crippen LogP contribution in [-0.4, -0.2) is 4.21 Å². The first-order valence-electron chi connectivity index (χ1n) is 7.98. The van der Waals surface area contributed by atoms with Crippen molar-refractivity contribution < 1.29 is 4.21 Å². The second-order valence-corrected chi connectivity index (χ2v) is 9.67. The highest BCUT2D eigenvalue weighted by atomic mass is 32.2. The lowest BCUT2D eigenvalue weighted by Crippen LogP contribution is -2.17. The van der Waals surface area contributed by atoms with Crippen LogP contribution in [0.25, 0.3) is 0 Å². The van der Waals surface area contributed by atoms with E-state index in [-0.39, 0.29) is 10.9 Å². The van der Waals surface area contributed by atoms with Gasteiger partial charge in [-0.1, -0.05) is 29.8 Å². The molecule has 0 fully saturated rings. The van der Waals surface area contributed by atoms with E-state index in [0.717, 1.165) is 20.9 Å². The Labute approximate surface area is 148 Å². The molecule has 0 radical (unpaired) electrons. The van der Waals surface area contributed by atoms with Crippen LogP contribution in [0.3, 0.4) is 0 Å². The standard InChI is InChI=1S/C21H19OS2/c1-14-4-8-17(9-5-14)23-18-10-6-15(2)12-20(18)24(22)21-13-16(3)7-11-19(21)23/h4-13H,1-3H3/q+1. The summed E-state index contributed by atoms with van der Waals surface area (Å²) < 4.78 is 13.2. The Morgan fingerprint density at radius 2 is 1.12 bits per heavy atom. The molecule has 0 saturated heterocycles. The van der Waals surface area contributed by atoms with Crippen LogP contribution < -0.4 is 0 Å². The van der Waals surface area contributed by atoms with E-state index in [1.54, 1.807) is 0 Å². The van der Waals surface area contributed by atoms with Crippen molar-refractivity contribution in [3.63, 3.8) is 0 Å². The molecule has 0 N–H and O–H groups in total. The second-order valence-electron chi connectivity index (χ2n) is 6.29. The van der Waals surface area contributed by atoms with Gasteiger partial charge in [-0.25, -0.2) is 4.21 Å². The molecule has 1 aliphatic rings. The van der Waals surface area contributed by atoms with E-state index in [2.05, 4.69) is 81.4 Å². The van der Waals surface area contributed by atoms with Gasteiger partial charge < -0.3 is 0 Å². The molecule has 0 aliphatic carbocycles. The highest BCUT2D eigenvalue weighted by Crippen LogP contribution is 2.43. The Kier molecular flexibility index (Phi) is 3.86. The third-order valence-corrected chi connectivity index (χ3v) is 8.36. The molecule has 1 aliphatic heterocycles. The second kappa shape index (κ2) is 5.91. The predicted molar refractivity (Wildman–Crippen MR) is 100 cm³/mol. The fraction of sp³-hybridized carbons (Fsp3) is 0.143. The quantitative estimate of drug-likeness (QED) is 0.431. The van der Waals surface area contributed by atoms with E-state index < -0.39 is 10.8 Å². The fourth-order valence-corrected chi connectivity index (χ4v) is 7.38. The molecule has 0 atom stereocenters. The summed E-state index contributed by atoms with van der Waals surface area (Å²) in [6, 6.07) is 21.5. The maximum atomic E-state index is 13.2. The molecule has 3 aromatic carbocycles. The largest absolute Gasteiger partial charge is 0.249 e. The SMILES string of the molecule is Cc1ccc([S+]2c3ccc(C)cc3S(=O)c3cc(C)ccc32)cc1. The number of fused-ring (bicyclic) bond motifs is 2. The summed E-state index contributed by atoms with van der Waals surface area (Å²) in [5.41, 5.74) is 3.58. The Morgan fingerprint density at radius 1 is 0.667 bits per heavy atom. The Bertz CT molecular complexity index is 903. The molecular weight excluding hydrogens is 332 g/mol. The molecule has 0 aromatic heterocycles. The minimum Gasteiger partial charge on any atom is -0.249 e. The van der Waals surface area contributed by atoms with Crippen molar-refractivity contribution in [1.82, 2.24) is 0 Å². The van der Waals surface area contributed by atoms with Crippen molar-refractivity contribution in [1.29, 1.82) is 0 Å². The zero-order valence-electron chi connectivity index (χ0n) is 14.0.